The predicted molar refractivity (Wildman–Crippen MR) is 136 cm³/mol. The molecule has 2 aromatic carbocycles. The Hall–Kier alpha value is -2.54. The molecule has 0 radical (unpaired) electrons. The van der Waals surface area contributed by atoms with Crippen molar-refractivity contribution in [2.75, 3.05) is 52.4 Å². The minimum absolute atomic E-state index is 0.0626. The maximum atomic E-state index is 13.8. The van der Waals surface area contributed by atoms with Gasteiger partial charge in [-0.2, -0.15) is 0 Å². The topological polar surface area (TPSA) is 59.1 Å². The molecule has 0 saturated carbocycles. The minimum atomic E-state index is -0.873. The number of rotatable bonds is 10. The molecule has 1 aliphatic heterocycles. The first kappa shape index (κ1) is 26.1. The number of likely N-dealkylation sites (N-methyl/N-ethyl adjacent to an activating group) is 1. The van der Waals surface area contributed by atoms with E-state index in [0.717, 1.165) is 37.6 Å². The predicted octanol–water partition coefficient (Wildman–Crippen LogP) is 4.27. The number of carbonyl (C=O) groups excluding carboxylic acids is 2. The molecule has 1 heterocycles. The van der Waals surface area contributed by atoms with E-state index in [0.29, 0.717) is 24.0 Å². The Morgan fingerprint density at radius 2 is 1.47 bits per heavy atom. The van der Waals surface area contributed by atoms with Gasteiger partial charge in [0.2, 0.25) is 0 Å². The summed E-state index contributed by atoms with van der Waals surface area (Å²) in [6.07, 6.45) is 1.23. The van der Waals surface area contributed by atoms with Crippen molar-refractivity contribution in [2.45, 2.75) is 44.8 Å². The second-order valence-electron chi connectivity index (χ2n) is 9.67. The Morgan fingerprint density at radius 1 is 0.941 bits per heavy atom. The molecule has 2 aromatic rings. The summed E-state index contributed by atoms with van der Waals surface area (Å²) >= 11 is 0. The molecule has 3 rings (SSSR count). The summed E-state index contributed by atoms with van der Waals surface area (Å²) < 4.78 is 10.8. The highest BCUT2D eigenvalue weighted by atomic mass is 16.5. The number of ether oxygens (including phenoxy) is 2. The van der Waals surface area contributed by atoms with E-state index >= 15 is 0 Å². The fourth-order valence-electron chi connectivity index (χ4n) is 4.51. The third-order valence-electron chi connectivity index (χ3n) is 7.14. The Bertz CT molecular complexity index is 976. The first-order chi connectivity index (χ1) is 16.1. The minimum Gasteiger partial charge on any atom is -0.378 e. The Balaban J connectivity index is 1.83. The molecule has 1 saturated heterocycles. The van der Waals surface area contributed by atoms with Crippen LogP contribution in [0.15, 0.2) is 48.5 Å². The molecular formula is C28H38N2O4. The van der Waals surface area contributed by atoms with Gasteiger partial charge in [0.25, 0.3) is 0 Å². The van der Waals surface area contributed by atoms with Gasteiger partial charge in [-0.15, -0.1) is 0 Å². The molecule has 1 atom stereocenters. The quantitative estimate of drug-likeness (QED) is 0.488. The molecule has 34 heavy (non-hydrogen) atoms. The van der Waals surface area contributed by atoms with E-state index in [-0.39, 0.29) is 11.6 Å². The van der Waals surface area contributed by atoms with Gasteiger partial charge in [0.15, 0.2) is 11.6 Å². The van der Waals surface area contributed by atoms with Crippen molar-refractivity contribution >= 4 is 17.3 Å². The number of Topliss-reactive ketones (excluding diaryl/α,β-unsaturated/α-hetero) is 2. The Labute approximate surface area is 203 Å². The van der Waals surface area contributed by atoms with Gasteiger partial charge in [-0.3, -0.25) is 14.5 Å². The van der Waals surface area contributed by atoms with Crippen LogP contribution in [0.2, 0.25) is 0 Å². The summed E-state index contributed by atoms with van der Waals surface area (Å²) in [7, 11) is 5.46. The number of nitrogens with zero attached hydrogens (tertiary/aromatic N) is 2. The van der Waals surface area contributed by atoms with E-state index in [4.69, 9.17) is 9.47 Å². The summed E-state index contributed by atoms with van der Waals surface area (Å²) in [5.74, 6) is 0.0431. The van der Waals surface area contributed by atoms with Gasteiger partial charge in [0, 0.05) is 37.0 Å². The second-order valence-corrected chi connectivity index (χ2v) is 9.67. The van der Waals surface area contributed by atoms with Crippen LogP contribution in [-0.2, 0) is 15.9 Å². The largest absolute Gasteiger partial charge is 0.378 e. The van der Waals surface area contributed by atoms with Crippen molar-refractivity contribution in [1.82, 2.24) is 4.90 Å². The lowest BCUT2D eigenvalue weighted by molar-refractivity contribution is 0.0228. The van der Waals surface area contributed by atoms with E-state index in [1.54, 1.807) is 13.8 Å². The van der Waals surface area contributed by atoms with Crippen molar-refractivity contribution in [3.63, 3.8) is 0 Å². The molecule has 6 nitrogen and oxygen atoms in total. The van der Waals surface area contributed by atoms with Gasteiger partial charge in [0.05, 0.1) is 18.8 Å². The number of ketones is 2. The molecule has 0 amide bonds. The van der Waals surface area contributed by atoms with Crippen LogP contribution in [0.4, 0.5) is 5.69 Å². The molecule has 1 aliphatic rings. The lowest BCUT2D eigenvalue weighted by Crippen LogP contribution is -2.52. The van der Waals surface area contributed by atoms with E-state index in [1.165, 1.54) is 7.11 Å². The van der Waals surface area contributed by atoms with Crippen LogP contribution in [-0.4, -0.2) is 75.1 Å². The number of hydrogen-bond acceptors (Lipinski definition) is 6. The lowest BCUT2D eigenvalue weighted by Gasteiger charge is -2.38. The normalized spacial score (nSPS) is 16.4. The highest BCUT2D eigenvalue weighted by Crippen LogP contribution is 2.29. The zero-order chi connectivity index (χ0) is 24.9. The van der Waals surface area contributed by atoms with Crippen molar-refractivity contribution in [1.29, 1.82) is 0 Å². The summed E-state index contributed by atoms with van der Waals surface area (Å²) in [5.41, 5.74) is 1.89. The molecule has 1 unspecified atom stereocenters. The van der Waals surface area contributed by atoms with Gasteiger partial charge in [-0.05, 0) is 70.6 Å². The van der Waals surface area contributed by atoms with Crippen LogP contribution >= 0.6 is 0 Å². The molecule has 0 bridgehead atoms. The number of hydrogen-bond donors (Lipinski definition) is 0. The molecule has 1 fully saturated rings. The number of methoxy groups -OCH3 is 1. The molecule has 0 spiro atoms. The first-order valence-corrected chi connectivity index (χ1v) is 12.0. The van der Waals surface area contributed by atoms with Crippen molar-refractivity contribution in [3.8, 4) is 0 Å². The zero-order valence-corrected chi connectivity index (χ0v) is 21.4. The molecule has 6 heteroatoms. The highest BCUT2D eigenvalue weighted by molar-refractivity contribution is 6.04. The van der Waals surface area contributed by atoms with E-state index in [2.05, 4.69) is 11.8 Å². The summed E-state index contributed by atoms with van der Waals surface area (Å²) in [6, 6.07) is 15.5. The van der Waals surface area contributed by atoms with Gasteiger partial charge in [-0.1, -0.05) is 31.2 Å². The van der Waals surface area contributed by atoms with Crippen LogP contribution in [0.5, 0.6) is 0 Å². The van der Waals surface area contributed by atoms with Crippen molar-refractivity contribution < 1.29 is 19.1 Å². The van der Waals surface area contributed by atoms with Crippen LogP contribution in [0.3, 0.4) is 0 Å². The second kappa shape index (κ2) is 10.8. The maximum absolute atomic E-state index is 13.8. The van der Waals surface area contributed by atoms with Crippen LogP contribution in [0.25, 0.3) is 0 Å². The zero-order valence-electron chi connectivity index (χ0n) is 21.4. The summed E-state index contributed by atoms with van der Waals surface area (Å²) in [5, 5.41) is 0. The molecule has 0 aliphatic carbocycles. The smallest absolute Gasteiger partial charge is 0.194 e. The van der Waals surface area contributed by atoms with Crippen LogP contribution in [0, 0.1) is 0 Å². The third kappa shape index (κ3) is 5.40. The standard InChI is InChI=1S/C28H38N2O4/c1-7-28(29(4)5,20-21-8-10-22(11-9-21)25(31)27(2,3)33-6)26(32)23-12-14-24(15-13-23)30-16-18-34-19-17-30/h8-15H,7,16-20H2,1-6H3. The van der Waals surface area contributed by atoms with Crippen molar-refractivity contribution in [3.05, 3.63) is 65.2 Å². The van der Waals surface area contributed by atoms with Crippen molar-refractivity contribution in [2.24, 2.45) is 0 Å². The number of morpholine rings is 1. The summed E-state index contributed by atoms with van der Waals surface area (Å²) in [6.45, 7) is 8.77. The number of anilines is 1. The fourth-order valence-corrected chi connectivity index (χ4v) is 4.51. The SMILES string of the molecule is CCC(Cc1ccc(C(=O)C(C)(C)OC)cc1)(C(=O)c1ccc(N2CCOCC2)cc1)N(C)C. The number of carbonyl (C=O) groups is 2. The first-order valence-electron chi connectivity index (χ1n) is 12.0. The average molecular weight is 467 g/mol. The van der Waals surface area contributed by atoms with Crippen LogP contribution in [0.1, 0.15) is 53.5 Å². The van der Waals surface area contributed by atoms with Gasteiger partial charge >= 0.3 is 0 Å². The van der Waals surface area contributed by atoms with E-state index < -0.39 is 11.1 Å². The Morgan fingerprint density at radius 3 is 1.97 bits per heavy atom. The van der Waals surface area contributed by atoms with Gasteiger partial charge < -0.3 is 14.4 Å². The molecule has 0 N–H and O–H groups in total. The molecule has 0 aromatic heterocycles. The fraction of sp³-hybridized carbons (Fsp3) is 0.500. The van der Waals surface area contributed by atoms with E-state index in [9.17, 15) is 9.59 Å². The van der Waals surface area contributed by atoms with Crippen LogP contribution < -0.4 is 4.90 Å². The molecule has 184 valence electrons. The van der Waals surface area contributed by atoms with E-state index in [1.807, 2.05) is 67.5 Å². The molecular weight excluding hydrogens is 428 g/mol. The number of benzene rings is 2. The lowest BCUT2D eigenvalue weighted by atomic mass is 9.80. The maximum Gasteiger partial charge on any atom is 0.194 e. The average Bonchev–Trinajstić information content (AvgIpc) is 2.87. The summed E-state index contributed by atoms with van der Waals surface area (Å²) in [4.78, 5) is 30.8. The van der Waals surface area contributed by atoms with Gasteiger partial charge in [-0.25, -0.2) is 0 Å². The monoisotopic (exact) mass is 466 g/mol. The highest BCUT2D eigenvalue weighted by Gasteiger charge is 2.39. The van der Waals surface area contributed by atoms with Gasteiger partial charge in [0.1, 0.15) is 5.60 Å². The third-order valence-corrected chi connectivity index (χ3v) is 7.14. The Kier molecular flexibility index (Phi) is 8.29.